The molecule has 2 amide bonds. The molecule has 23 heavy (non-hydrogen) atoms. The molecule has 0 radical (unpaired) electrons. The lowest BCUT2D eigenvalue weighted by Crippen LogP contribution is -2.15. The van der Waals surface area contributed by atoms with Gasteiger partial charge in [-0.3, -0.25) is 9.59 Å². The minimum atomic E-state index is -0.188. The van der Waals surface area contributed by atoms with Crippen molar-refractivity contribution in [2.75, 3.05) is 10.6 Å². The Bertz CT molecular complexity index is 746. The van der Waals surface area contributed by atoms with E-state index in [2.05, 4.69) is 10.6 Å². The van der Waals surface area contributed by atoms with E-state index in [1.165, 1.54) is 6.08 Å². The molecule has 1 heterocycles. The molecule has 3 rings (SSSR count). The molecular weight excluding hydrogens is 308 g/mol. The van der Waals surface area contributed by atoms with E-state index in [-0.39, 0.29) is 17.7 Å². The molecule has 0 bridgehead atoms. The molecule has 1 aliphatic carbocycles. The summed E-state index contributed by atoms with van der Waals surface area (Å²) in [7, 11) is 0. The topological polar surface area (TPSA) is 58.2 Å². The zero-order valence-electron chi connectivity index (χ0n) is 12.8. The summed E-state index contributed by atoms with van der Waals surface area (Å²) in [5.41, 5.74) is 2.32. The third kappa shape index (κ3) is 4.07. The van der Waals surface area contributed by atoms with Gasteiger partial charge in [-0.25, -0.2) is 0 Å². The summed E-state index contributed by atoms with van der Waals surface area (Å²) in [4.78, 5) is 24.9. The lowest BCUT2D eigenvalue weighted by molar-refractivity contribution is -0.117. The van der Waals surface area contributed by atoms with Gasteiger partial charge in [-0.05, 0) is 55.0 Å². The number of carbonyl (C=O) groups is 2. The summed E-state index contributed by atoms with van der Waals surface area (Å²) < 4.78 is 0. The van der Waals surface area contributed by atoms with Gasteiger partial charge in [0.1, 0.15) is 0 Å². The van der Waals surface area contributed by atoms with Gasteiger partial charge < -0.3 is 10.6 Å². The van der Waals surface area contributed by atoms with Crippen LogP contribution in [0.3, 0.4) is 0 Å². The second-order valence-electron chi connectivity index (χ2n) is 5.58. The van der Waals surface area contributed by atoms with Crippen LogP contribution < -0.4 is 10.6 Å². The number of benzene rings is 1. The smallest absolute Gasteiger partial charge is 0.248 e. The molecule has 1 saturated carbocycles. The average molecular weight is 326 g/mol. The lowest BCUT2D eigenvalue weighted by atomic mass is 10.1. The van der Waals surface area contributed by atoms with Gasteiger partial charge >= 0.3 is 0 Å². The molecule has 0 unspecified atom stereocenters. The first kappa shape index (κ1) is 15.5. The Kier molecular flexibility index (Phi) is 4.57. The molecule has 5 heteroatoms. The number of nitrogens with one attached hydrogen (secondary N) is 2. The predicted octanol–water partition coefficient (Wildman–Crippen LogP) is 4.06. The Hall–Kier alpha value is -2.40. The molecule has 2 N–H and O–H groups in total. The number of hydrogen-bond acceptors (Lipinski definition) is 3. The van der Waals surface area contributed by atoms with Crippen LogP contribution in [0.5, 0.6) is 0 Å². The van der Waals surface area contributed by atoms with Crippen molar-refractivity contribution >= 4 is 40.6 Å². The minimum absolute atomic E-state index is 0.0640. The van der Waals surface area contributed by atoms with Crippen molar-refractivity contribution in [1.29, 1.82) is 0 Å². The maximum absolute atomic E-state index is 12.0. The summed E-state index contributed by atoms with van der Waals surface area (Å²) >= 11 is 1.58. The van der Waals surface area contributed by atoms with Crippen LogP contribution in [-0.2, 0) is 9.59 Å². The van der Waals surface area contributed by atoms with Crippen molar-refractivity contribution in [1.82, 2.24) is 0 Å². The maximum atomic E-state index is 12.0. The molecule has 1 fully saturated rings. The van der Waals surface area contributed by atoms with Gasteiger partial charge in [0.25, 0.3) is 0 Å². The van der Waals surface area contributed by atoms with E-state index in [4.69, 9.17) is 0 Å². The highest BCUT2D eigenvalue weighted by Gasteiger charge is 2.29. The zero-order valence-corrected chi connectivity index (χ0v) is 13.7. The summed E-state index contributed by atoms with van der Waals surface area (Å²) in [6.45, 7) is 1.89. The molecule has 1 aromatic carbocycles. The Morgan fingerprint density at radius 3 is 2.52 bits per heavy atom. The summed E-state index contributed by atoms with van der Waals surface area (Å²) in [5, 5.41) is 7.76. The fraction of sp³-hybridized carbons (Fsp3) is 0.222. The van der Waals surface area contributed by atoms with Crippen LogP contribution in [-0.4, -0.2) is 11.8 Å². The van der Waals surface area contributed by atoms with Crippen LogP contribution in [0.1, 0.15) is 23.3 Å². The Labute approximate surface area is 139 Å². The third-order valence-corrected chi connectivity index (χ3v) is 4.58. The fourth-order valence-electron chi connectivity index (χ4n) is 2.21. The molecular formula is C18H18N2O2S. The first-order valence-corrected chi connectivity index (χ1v) is 8.44. The normalized spacial score (nSPS) is 14.0. The van der Waals surface area contributed by atoms with Crippen molar-refractivity contribution in [3.63, 3.8) is 0 Å². The largest absolute Gasteiger partial charge is 0.326 e. The van der Waals surface area contributed by atoms with Crippen LogP contribution in [0.2, 0.25) is 0 Å². The van der Waals surface area contributed by atoms with Crippen LogP contribution in [0.4, 0.5) is 11.4 Å². The van der Waals surface area contributed by atoms with E-state index < -0.39 is 0 Å². The van der Waals surface area contributed by atoms with Gasteiger partial charge in [-0.2, -0.15) is 0 Å². The molecule has 2 aromatic rings. The summed E-state index contributed by atoms with van der Waals surface area (Å²) in [6.07, 6.45) is 5.23. The molecule has 1 aromatic heterocycles. The number of thiophene rings is 1. The van der Waals surface area contributed by atoms with Crippen molar-refractivity contribution < 1.29 is 9.59 Å². The fourth-order valence-corrected chi connectivity index (χ4v) is 2.82. The minimum Gasteiger partial charge on any atom is -0.326 e. The molecule has 118 valence electrons. The van der Waals surface area contributed by atoms with E-state index in [9.17, 15) is 9.59 Å². The lowest BCUT2D eigenvalue weighted by Gasteiger charge is -2.12. The highest BCUT2D eigenvalue weighted by atomic mass is 32.1. The van der Waals surface area contributed by atoms with Gasteiger partial charge in [-0.15, -0.1) is 11.3 Å². The van der Waals surface area contributed by atoms with Gasteiger partial charge in [0.05, 0.1) is 0 Å². The third-order valence-electron chi connectivity index (χ3n) is 3.74. The molecule has 0 spiro atoms. The molecule has 0 atom stereocenters. The van der Waals surface area contributed by atoms with Gasteiger partial charge in [0, 0.05) is 28.2 Å². The van der Waals surface area contributed by atoms with Crippen LogP contribution in [0.15, 0.2) is 41.8 Å². The molecule has 0 aliphatic heterocycles. The van der Waals surface area contributed by atoms with E-state index in [0.717, 1.165) is 29.0 Å². The second kappa shape index (κ2) is 6.79. The first-order valence-electron chi connectivity index (χ1n) is 7.56. The van der Waals surface area contributed by atoms with E-state index in [0.29, 0.717) is 5.69 Å². The Morgan fingerprint density at radius 1 is 1.13 bits per heavy atom. The molecule has 0 saturated heterocycles. The standard InChI is InChI=1S/C18H18N2O2S/c1-12-15(19-17(21)10-9-14-4-3-11-23-14)5-2-6-16(12)20-18(22)13-7-8-13/h2-6,9-11,13H,7-8H2,1H3,(H,19,21)(H,20,22)/b10-9+. The summed E-state index contributed by atoms with van der Waals surface area (Å²) in [5.74, 6) is 0.0303. The van der Waals surface area contributed by atoms with E-state index in [1.54, 1.807) is 17.4 Å². The average Bonchev–Trinajstić information content (AvgIpc) is 3.26. The number of anilines is 2. The van der Waals surface area contributed by atoms with Crippen LogP contribution in [0.25, 0.3) is 6.08 Å². The number of amides is 2. The molecule has 1 aliphatic rings. The highest BCUT2D eigenvalue weighted by molar-refractivity contribution is 7.10. The second-order valence-corrected chi connectivity index (χ2v) is 6.56. The molecule has 4 nitrogen and oxygen atoms in total. The van der Waals surface area contributed by atoms with E-state index in [1.807, 2.05) is 42.6 Å². The Balaban J connectivity index is 1.67. The number of carbonyl (C=O) groups excluding carboxylic acids is 2. The zero-order chi connectivity index (χ0) is 16.2. The SMILES string of the molecule is Cc1c(NC(=O)/C=C/c2cccs2)cccc1NC(=O)C1CC1. The predicted molar refractivity (Wildman–Crippen MR) is 94.5 cm³/mol. The summed E-state index contributed by atoms with van der Waals surface area (Å²) in [6, 6.07) is 9.41. The van der Waals surface area contributed by atoms with Gasteiger partial charge in [0.15, 0.2) is 0 Å². The van der Waals surface area contributed by atoms with Crippen molar-refractivity contribution in [3.05, 3.63) is 52.2 Å². The van der Waals surface area contributed by atoms with Gasteiger partial charge in [-0.1, -0.05) is 12.1 Å². The monoisotopic (exact) mass is 326 g/mol. The van der Waals surface area contributed by atoms with Crippen molar-refractivity contribution in [2.24, 2.45) is 5.92 Å². The van der Waals surface area contributed by atoms with Crippen LogP contribution in [0, 0.1) is 12.8 Å². The quantitative estimate of drug-likeness (QED) is 0.814. The Morgan fingerprint density at radius 2 is 1.87 bits per heavy atom. The van der Waals surface area contributed by atoms with Gasteiger partial charge in [0.2, 0.25) is 11.8 Å². The first-order chi connectivity index (χ1) is 11.1. The van der Waals surface area contributed by atoms with E-state index >= 15 is 0 Å². The van der Waals surface area contributed by atoms with Crippen LogP contribution >= 0.6 is 11.3 Å². The number of hydrogen-bond donors (Lipinski definition) is 2. The van der Waals surface area contributed by atoms with Crippen molar-refractivity contribution in [3.8, 4) is 0 Å². The maximum Gasteiger partial charge on any atom is 0.248 e. The highest BCUT2D eigenvalue weighted by Crippen LogP contribution is 2.31. The van der Waals surface area contributed by atoms with Crippen molar-refractivity contribution in [2.45, 2.75) is 19.8 Å². The number of rotatable bonds is 5.